The molecule has 0 spiro atoms. The summed E-state index contributed by atoms with van der Waals surface area (Å²) >= 11 is 0. The fraction of sp³-hybridized carbons (Fsp3) is 0.737. The molecule has 1 saturated heterocycles. The molecule has 2 N–H and O–H groups in total. The lowest BCUT2D eigenvalue weighted by Crippen LogP contribution is -2.42. The summed E-state index contributed by atoms with van der Waals surface area (Å²) < 4.78 is 67.6. The summed E-state index contributed by atoms with van der Waals surface area (Å²) in [7, 11) is -3.73. The summed E-state index contributed by atoms with van der Waals surface area (Å²) in [6.45, 7) is 7.56. The second-order valence-corrected chi connectivity index (χ2v) is 10.7. The third-order valence-corrected chi connectivity index (χ3v) is 5.88. The van der Waals surface area contributed by atoms with E-state index in [9.17, 15) is 26.4 Å². The van der Waals surface area contributed by atoms with Gasteiger partial charge in [0.1, 0.15) is 5.60 Å². The summed E-state index contributed by atoms with van der Waals surface area (Å²) in [5.41, 5.74) is -1.57. The Balaban J connectivity index is 1.73. The minimum absolute atomic E-state index is 0.0951. The van der Waals surface area contributed by atoms with Crippen LogP contribution in [0.15, 0.2) is 12.4 Å². The molecule has 0 saturated carbocycles. The van der Waals surface area contributed by atoms with E-state index in [4.69, 9.17) is 9.57 Å². The van der Waals surface area contributed by atoms with Crippen molar-refractivity contribution in [3.63, 3.8) is 0 Å². The Morgan fingerprint density at radius 2 is 1.79 bits per heavy atom. The number of carbonyl (C=O) groups is 1. The number of piperidine rings is 1. The Morgan fingerprint density at radius 1 is 1.21 bits per heavy atom. The summed E-state index contributed by atoms with van der Waals surface area (Å²) in [6.07, 6.45) is -2.66. The van der Waals surface area contributed by atoms with Crippen LogP contribution in [0.4, 0.5) is 23.9 Å². The van der Waals surface area contributed by atoms with Gasteiger partial charge in [-0.3, -0.25) is 4.84 Å². The number of sulfonamides is 1. The smallest absolute Gasteiger partial charge is 0.419 e. The zero-order valence-corrected chi connectivity index (χ0v) is 19.8. The molecular formula is C19H30F3N5O5S. The summed E-state index contributed by atoms with van der Waals surface area (Å²) in [5.74, 6) is -0.144. The summed E-state index contributed by atoms with van der Waals surface area (Å²) in [5, 5.41) is 2.54. The lowest BCUT2D eigenvalue weighted by molar-refractivity contribution is -0.138. The molecular weight excluding hydrogens is 467 g/mol. The molecule has 1 aliphatic rings. The Labute approximate surface area is 191 Å². The number of alkyl carbamates (subject to hydrolysis) is 1. The third kappa shape index (κ3) is 9.68. The van der Waals surface area contributed by atoms with Crippen molar-refractivity contribution in [3.8, 4) is 0 Å². The number of anilines is 1. The predicted octanol–water partition coefficient (Wildman–Crippen LogP) is 2.48. The van der Waals surface area contributed by atoms with Crippen molar-refractivity contribution in [1.29, 1.82) is 0 Å². The van der Waals surface area contributed by atoms with Crippen LogP contribution in [0.25, 0.3) is 0 Å². The van der Waals surface area contributed by atoms with Gasteiger partial charge in [0.05, 0.1) is 24.0 Å². The highest BCUT2D eigenvalue weighted by molar-refractivity contribution is 7.89. The lowest BCUT2D eigenvalue weighted by atomic mass is 9.99. The molecule has 2 rings (SSSR count). The van der Waals surface area contributed by atoms with Crippen LogP contribution >= 0.6 is 0 Å². The minimum atomic E-state index is -4.50. The molecule has 0 radical (unpaired) electrons. The van der Waals surface area contributed by atoms with Crippen molar-refractivity contribution >= 4 is 22.1 Å². The first-order chi connectivity index (χ1) is 15.1. The molecule has 0 aliphatic carbocycles. The normalized spacial score (nSPS) is 17.0. The standard InChI is InChI=1S/C19H30F3N5O5S/c1-13(25-17(28)32-18(2,3)4)11-31-26-33(29,30)12-14-5-7-27(8-6-14)16-23-9-15(10-24-16)19(20,21)22/h9-10,13-14,26H,5-8,11-12H2,1-4H3,(H,25,28)/t13-/m0/s1. The Kier molecular flexibility index (Phi) is 8.88. The average Bonchev–Trinajstić information content (AvgIpc) is 2.66. The van der Waals surface area contributed by atoms with Crippen LogP contribution in [-0.4, -0.2) is 61.6 Å². The lowest BCUT2D eigenvalue weighted by Gasteiger charge is -2.31. The van der Waals surface area contributed by atoms with Crippen molar-refractivity contribution in [3.05, 3.63) is 18.0 Å². The van der Waals surface area contributed by atoms with E-state index in [0.717, 1.165) is 12.4 Å². The van der Waals surface area contributed by atoms with E-state index in [1.807, 2.05) is 0 Å². The molecule has 188 valence electrons. The molecule has 1 amide bonds. The van der Waals surface area contributed by atoms with Crippen LogP contribution in [-0.2, 0) is 25.8 Å². The van der Waals surface area contributed by atoms with Gasteiger partial charge in [-0.2, -0.15) is 13.2 Å². The fourth-order valence-corrected chi connectivity index (χ4v) is 4.34. The quantitative estimate of drug-likeness (QED) is 0.525. The molecule has 10 nitrogen and oxygen atoms in total. The van der Waals surface area contributed by atoms with Gasteiger partial charge >= 0.3 is 12.3 Å². The highest BCUT2D eigenvalue weighted by Crippen LogP contribution is 2.29. The highest BCUT2D eigenvalue weighted by atomic mass is 32.2. The van der Waals surface area contributed by atoms with E-state index in [1.165, 1.54) is 0 Å². The van der Waals surface area contributed by atoms with Gasteiger partial charge in [0.25, 0.3) is 0 Å². The third-order valence-electron chi connectivity index (χ3n) is 4.60. The maximum absolute atomic E-state index is 12.6. The second kappa shape index (κ2) is 10.8. The van der Waals surface area contributed by atoms with Crippen molar-refractivity contribution in [2.45, 2.75) is 58.4 Å². The minimum Gasteiger partial charge on any atom is -0.444 e. The van der Waals surface area contributed by atoms with Crippen LogP contribution in [0.1, 0.15) is 46.1 Å². The van der Waals surface area contributed by atoms with E-state index < -0.39 is 39.5 Å². The van der Waals surface area contributed by atoms with Crippen LogP contribution in [0.3, 0.4) is 0 Å². The van der Waals surface area contributed by atoms with Crippen molar-refractivity contribution in [1.82, 2.24) is 20.2 Å². The Morgan fingerprint density at radius 3 is 2.30 bits per heavy atom. The average molecular weight is 498 g/mol. The molecule has 0 unspecified atom stereocenters. The maximum Gasteiger partial charge on any atom is 0.419 e. The van der Waals surface area contributed by atoms with Gasteiger partial charge in [0.2, 0.25) is 16.0 Å². The Hall–Kier alpha value is -2.19. The van der Waals surface area contributed by atoms with Gasteiger partial charge in [-0.15, -0.1) is 0 Å². The number of amides is 1. The SMILES string of the molecule is C[C@@H](CONS(=O)(=O)CC1CCN(c2ncc(C(F)(F)F)cn2)CC1)NC(=O)OC(C)(C)C. The summed E-state index contributed by atoms with van der Waals surface area (Å²) in [6, 6.07) is -0.491. The number of nitrogens with zero attached hydrogens (tertiary/aromatic N) is 3. The largest absolute Gasteiger partial charge is 0.444 e. The van der Waals surface area contributed by atoms with Crippen LogP contribution in [0, 0.1) is 5.92 Å². The topological polar surface area (TPSA) is 123 Å². The van der Waals surface area contributed by atoms with Crippen molar-refractivity contribution in [2.75, 3.05) is 30.3 Å². The number of ether oxygens (including phenoxy) is 1. The van der Waals surface area contributed by atoms with Gasteiger partial charge in [-0.05, 0) is 46.5 Å². The van der Waals surface area contributed by atoms with E-state index >= 15 is 0 Å². The van der Waals surface area contributed by atoms with Crippen LogP contribution in [0.5, 0.6) is 0 Å². The van der Waals surface area contributed by atoms with Gasteiger partial charge in [-0.25, -0.2) is 23.2 Å². The molecule has 14 heteroatoms. The zero-order valence-electron chi connectivity index (χ0n) is 19.0. The molecule has 1 atom stereocenters. The van der Waals surface area contributed by atoms with Crippen molar-refractivity contribution < 1.29 is 36.0 Å². The Bertz CT molecular complexity index is 883. The molecule has 33 heavy (non-hydrogen) atoms. The number of aromatic nitrogens is 2. The predicted molar refractivity (Wildman–Crippen MR) is 114 cm³/mol. The van der Waals surface area contributed by atoms with E-state index in [-0.39, 0.29) is 24.2 Å². The molecule has 1 aliphatic heterocycles. The molecule has 1 aromatic heterocycles. The van der Waals surface area contributed by atoms with Crippen LogP contribution < -0.4 is 15.1 Å². The molecule has 0 bridgehead atoms. The first-order valence-electron chi connectivity index (χ1n) is 10.4. The summed E-state index contributed by atoms with van der Waals surface area (Å²) in [4.78, 5) is 28.0. The number of alkyl halides is 3. The molecule has 1 fully saturated rings. The second-order valence-electron chi connectivity index (χ2n) is 8.92. The van der Waals surface area contributed by atoms with Crippen LogP contribution in [0.2, 0.25) is 0 Å². The zero-order chi connectivity index (χ0) is 24.9. The van der Waals surface area contributed by atoms with E-state index in [2.05, 4.69) is 20.2 Å². The molecule has 0 aromatic carbocycles. The highest BCUT2D eigenvalue weighted by Gasteiger charge is 2.32. The molecule has 1 aromatic rings. The van der Waals surface area contributed by atoms with E-state index in [0.29, 0.717) is 25.9 Å². The fourth-order valence-electron chi connectivity index (χ4n) is 3.07. The number of hydrogen-bond acceptors (Lipinski definition) is 8. The number of hydrogen-bond donors (Lipinski definition) is 2. The monoisotopic (exact) mass is 497 g/mol. The van der Waals surface area contributed by atoms with Crippen molar-refractivity contribution in [2.24, 2.45) is 5.92 Å². The van der Waals surface area contributed by atoms with Gasteiger partial charge in [-0.1, -0.05) is 4.89 Å². The molecule has 2 heterocycles. The maximum atomic E-state index is 12.6. The van der Waals surface area contributed by atoms with Gasteiger partial charge in [0, 0.05) is 25.5 Å². The number of halogens is 3. The first kappa shape index (κ1) is 27.1. The van der Waals surface area contributed by atoms with Gasteiger partial charge < -0.3 is 15.0 Å². The first-order valence-corrected chi connectivity index (χ1v) is 12.0. The number of nitrogens with one attached hydrogen (secondary N) is 2. The van der Waals surface area contributed by atoms with E-state index in [1.54, 1.807) is 32.6 Å². The number of rotatable bonds is 8. The number of carbonyl (C=O) groups excluding carboxylic acids is 1. The van der Waals surface area contributed by atoms with Gasteiger partial charge in [0.15, 0.2) is 0 Å².